The lowest BCUT2D eigenvalue weighted by atomic mass is 10.4. The van der Waals surface area contributed by atoms with E-state index >= 15 is 0 Å². The molecule has 0 radical (unpaired) electrons. The second-order valence-corrected chi connectivity index (χ2v) is 7.27. The maximum absolute atomic E-state index is 12.1. The first-order valence-electron chi connectivity index (χ1n) is 6.61. The van der Waals surface area contributed by atoms with Crippen LogP contribution < -0.4 is 4.72 Å². The molecule has 0 aliphatic heterocycles. The van der Waals surface area contributed by atoms with Crippen molar-refractivity contribution in [3.05, 3.63) is 16.5 Å². The fourth-order valence-corrected chi connectivity index (χ4v) is 4.04. The van der Waals surface area contributed by atoms with E-state index < -0.39 is 21.8 Å². The molecule has 9 heteroatoms. The molecule has 118 valence electrons. The molecule has 0 saturated heterocycles. The van der Waals surface area contributed by atoms with Crippen molar-refractivity contribution in [3.8, 4) is 0 Å². The van der Waals surface area contributed by atoms with E-state index in [1.54, 1.807) is 0 Å². The molecule has 1 aromatic rings. The minimum Gasteiger partial charge on any atom is -0.475 e. The monoisotopic (exact) mass is 380 g/mol. The Morgan fingerprint density at radius 3 is 2.71 bits per heavy atom. The van der Waals surface area contributed by atoms with Gasteiger partial charge in [-0.25, -0.2) is 17.9 Å². The molecule has 0 aromatic carbocycles. The van der Waals surface area contributed by atoms with Gasteiger partial charge >= 0.3 is 5.97 Å². The van der Waals surface area contributed by atoms with Crippen LogP contribution in [0.15, 0.2) is 20.0 Å². The van der Waals surface area contributed by atoms with Crippen molar-refractivity contribution in [3.63, 3.8) is 0 Å². The number of likely N-dealkylation sites (N-methyl/N-ethyl adjacent to an activating group) is 1. The van der Waals surface area contributed by atoms with Crippen LogP contribution in [0.3, 0.4) is 0 Å². The fraction of sp³-hybridized carbons (Fsp3) is 0.583. The molecule has 1 fully saturated rings. The molecule has 0 bridgehead atoms. The van der Waals surface area contributed by atoms with Gasteiger partial charge in [-0.3, -0.25) is 4.90 Å². The van der Waals surface area contributed by atoms with Gasteiger partial charge in [0, 0.05) is 25.2 Å². The van der Waals surface area contributed by atoms with Gasteiger partial charge in [-0.05, 0) is 35.3 Å². The molecule has 1 aromatic heterocycles. The van der Waals surface area contributed by atoms with Gasteiger partial charge in [0.05, 0.1) is 0 Å². The largest absolute Gasteiger partial charge is 0.475 e. The van der Waals surface area contributed by atoms with Crippen LogP contribution in [0.5, 0.6) is 0 Å². The average molecular weight is 381 g/mol. The summed E-state index contributed by atoms with van der Waals surface area (Å²) in [6.45, 7) is 3.82. The summed E-state index contributed by atoms with van der Waals surface area (Å²) in [5.74, 6) is -1.74. The molecule has 1 aliphatic rings. The van der Waals surface area contributed by atoms with Crippen LogP contribution in [-0.4, -0.2) is 50.1 Å². The van der Waals surface area contributed by atoms with Gasteiger partial charge < -0.3 is 9.52 Å². The summed E-state index contributed by atoms with van der Waals surface area (Å²) in [5, 5.41) is 8.80. The molecule has 2 N–H and O–H groups in total. The number of rotatable bonds is 8. The molecular formula is C12H17BrN2O5S. The molecule has 1 heterocycles. The molecule has 0 amide bonds. The van der Waals surface area contributed by atoms with Crippen molar-refractivity contribution in [1.29, 1.82) is 0 Å². The number of nitrogens with one attached hydrogen (secondary N) is 1. The first-order chi connectivity index (χ1) is 9.85. The summed E-state index contributed by atoms with van der Waals surface area (Å²) in [4.78, 5) is 12.8. The zero-order chi connectivity index (χ0) is 15.6. The number of carboxylic acid groups (broad SMARTS) is 1. The van der Waals surface area contributed by atoms with Gasteiger partial charge in [0.15, 0.2) is 4.67 Å². The van der Waals surface area contributed by atoms with Crippen molar-refractivity contribution < 1.29 is 22.7 Å². The average Bonchev–Trinajstić information content (AvgIpc) is 3.16. The van der Waals surface area contributed by atoms with Crippen LogP contribution in [0.1, 0.15) is 30.3 Å². The fourth-order valence-electron chi connectivity index (χ4n) is 2.08. The van der Waals surface area contributed by atoms with Crippen LogP contribution in [0.4, 0.5) is 0 Å². The van der Waals surface area contributed by atoms with E-state index in [1.165, 1.54) is 0 Å². The zero-order valence-corrected chi connectivity index (χ0v) is 13.9. The van der Waals surface area contributed by atoms with E-state index in [2.05, 4.69) is 25.6 Å². The Morgan fingerprint density at radius 1 is 1.57 bits per heavy atom. The third kappa shape index (κ3) is 4.06. The van der Waals surface area contributed by atoms with E-state index in [1.807, 2.05) is 6.92 Å². The summed E-state index contributed by atoms with van der Waals surface area (Å²) >= 11 is 2.93. The Bertz CT molecular complexity index is 624. The van der Waals surface area contributed by atoms with Gasteiger partial charge in [0.1, 0.15) is 4.90 Å². The smallest absolute Gasteiger partial charge is 0.371 e. The number of hydrogen-bond donors (Lipinski definition) is 2. The third-order valence-electron chi connectivity index (χ3n) is 3.32. The Labute approximate surface area is 131 Å². The van der Waals surface area contributed by atoms with E-state index in [9.17, 15) is 13.2 Å². The van der Waals surface area contributed by atoms with E-state index in [-0.39, 0.29) is 16.1 Å². The Morgan fingerprint density at radius 2 is 2.24 bits per heavy atom. The molecule has 0 unspecified atom stereocenters. The number of sulfonamides is 1. The molecule has 0 atom stereocenters. The highest BCUT2D eigenvalue weighted by atomic mass is 79.9. The molecule has 21 heavy (non-hydrogen) atoms. The molecule has 7 nitrogen and oxygen atoms in total. The number of carbonyl (C=O) groups is 1. The van der Waals surface area contributed by atoms with E-state index in [0.29, 0.717) is 12.6 Å². The Balaban J connectivity index is 1.99. The van der Waals surface area contributed by atoms with Crippen LogP contribution >= 0.6 is 15.9 Å². The number of hydrogen-bond acceptors (Lipinski definition) is 5. The lowest BCUT2D eigenvalue weighted by Gasteiger charge is -2.19. The highest BCUT2D eigenvalue weighted by Gasteiger charge is 2.28. The number of carboxylic acids is 1. The maximum Gasteiger partial charge on any atom is 0.371 e. The minimum atomic E-state index is -3.79. The lowest BCUT2D eigenvalue weighted by Crippen LogP contribution is -2.36. The highest BCUT2D eigenvalue weighted by molar-refractivity contribution is 9.10. The minimum absolute atomic E-state index is 0.109. The second-order valence-electron chi connectivity index (χ2n) is 4.81. The Hall–Kier alpha value is -0.900. The van der Waals surface area contributed by atoms with Gasteiger partial charge in [0.2, 0.25) is 15.8 Å². The standard InChI is InChI=1S/C12H17BrN2O5S/c1-2-15(8-3-4-8)6-5-14-21(18,19)10-7-9(12(16)17)20-11(10)13/h7-8,14H,2-6H2,1H3,(H,16,17). The Kier molecular flexibility index (Phi) is 5.07. The van der Waals surface area contributed by atoms with Crippen LogP contribution in [-0.2, 0) is 10.0 Å². The second kappa shape index (κ2) is 6.47. The van der Waals surface area contributed by atoms with E-state index in [0.717, 1.165) is 25.5 Å². The van der Waals surface area contributed by atoms with Crippen LogP contribution in [0, 0.1) is 0 Å². The van der Waals surface area contributed by atoms with Crippen molar-refractivity contribution in [1.82, 2.24) is 9.62 Å². The first-order valence-corrected chi connectivity index (χ1v) is 8.89. The number of furan rings is 1. The normalized spacial score (nSPS) is 15.6. The number of nitrogens with zero attached hydrogens (tertiary/aromatic N) is 1. The molecule has 1 saturated carbocycles. The predicted molar refractivity (Wildman–Crippen MR) is 78.8 cm³/mol. The van der Waals surface area contributed by atoms with Gasteiger partial charge in [-0.2, -0.15) is 0 Å². The SMILES string of the molecule is CCN(CCNS(=O)(=O)c1cc(C(=O)O)oc1Br)C1CC1. The van der Waals surface area contributed by atoms with E-state index in [4.69, 9.17) is 9.52 Å². The molecule has 0 spiro atoms. The summed E-state index contributed by atoms with van der Waals surface area (Å²) < 4.78 is 31.5. The van der Waals surface area contributed by atoms with Crippen molar-refractivity contribution >= 4 is 31.9 Å². The van der Waals surface area contributed by atoms with Crippen molar-refractivity contribution in [2.45, 2.75) is 30.7 Å². The number of aromatic carboxylic acids is 1. The van der Waals surface area contributed by atoms with Gasteiger partial charge in [0.25, 0.3) is 0 Å². The van der Waals surface area contributed by atoms with Gasteiger partial charge in [-0.15, -0.1) is 0 Å². The predicted octanol–water partition coefficient (Wildman–Crippen LogP) is 1.50. The lowest BCUT2D eigenvalue weighted by molar-refractivity contribution is 0.0661. The summed E-state index contributed by atoms with van der Waals surface area (Å²) in [5.41, 5.74) is 0. The van der Waals surface area contributed by atoms with Crippen LogP contribution in [0.2, 0.25) is 0 Å². The first kappa shape index (κ1) is 16.5. The van der Waals surface area contributed by atoms with Gasteiger partial charge in [-0.1, -0.05) is 6.92 Å². The third-order valence-corrected chi connectivity index (χ3v) is 5.63. The quantitative estimate of drug-likeness (QED) is 0.708. The zero-order valence-electron chi connectivity index (χ0n) is 11.5. The summed E-state index contributed by atoms with van der Waals surface area (Å²) in [7, 11) is -3.79. The molecular weight excluding hydrogens is 364 g/mol. The molecule has 1 aliphatic carbocycles. The maximum atomic E-state index is 12.1. The van der Waals surface area contributed by atoms with Crippen molar-refractivity contribution in [2.24, 2.45) is 0 Å². The topological polar surface area (TPSA) is 99.9 Å². The summed E-state index contributed by atoms with van der Waals surface area (Å²) in [6, 6.07) is 1.56. The van der Waals surface area contributed by atoms with Crippen molar-refractivity contribution in [2.75, 3.05) is 19.6 Å². The highest BCUT2D eigenvalue weighted by Crippen LogP contribution is 2.27. The summed E-state index contributed by atoms with van der Waals surface area (Å²) in [6.07, 6.45) is 2.33. The van der Waals surface area contributed by atoms with Crippen LogP contribution in [0.25, 0.3) is 0 Å². The number of halogens is 1. The molecule has 2 rings (SSSR count).